The number of hydrogen-bond donors (Lipinski definition) is 2. The maximum Gasteiger partial charge on any atom is 0.220 e. The van der Waals surface area contributed by atoms with Crippen LogP contribution in [0.3, 0.4) is 0 Å². The minimum absolute atomic E-state index is 0.0131. The van der Waals surface area contributed by atoms with Crippen LogP contribution in [0.4, 0.5) is 5.69 Å². The summed E-state index contributed by atoms with van der Waals surface area (Å²) in [5.41, 5.74) is 5.89. The van der Waals surface area contributed by atoms with Crippen molar-refractivity contribution < 1.29 is 9.53 Å². The maximum atomic E-state index is 11.8. The van der Waals surface area contributed by atoms with Crippen molar-refractivity contribution in [1.82, 2.24) is 5.32 Å². The van der Waals surface area contributed by atoms with E-state index in [2.05, 4.69) is 27.9 Å². The lowest BCUT2D eigenvalue weighted by Crippen LogP contribution is -2.51. The first-order valence-electron chi connectivity index (χ1n) is 6.72. The second-order valence-corrected chi connectivity index (χ2v) is 6.42. The van der Waals surface area contributed by atoms with E-state index >= 15 is 0 Å². The number of halogens is 1. The molecule has 0 aromatic heterocycles. The van der Waals surface area contributed by atoms with Gasteiger partial charge in [0.1, 0.15) is 17.4 Å². The number of alkyl halides is 1. The topological polar surface area (TPSA) is 88.1 Å². The molecule has 0 aliphatic carbocycles. The lowest BCUT2D eigenvalue weighted by Gasteiger charge is -2.32. The van der Waals surface area contributed by atoms with Crippen LogP contribution in [0, 0.1) is 11.3 Å². The zero-order valence-corrected chi connectivity index (χ0v) is 14.6. The third kappa shape index (κ3) is 4.77. The average Bonchev–Trinajstić information content (AvgIpc) is 2.38. The van der Waals surface area contributed by atoms with E-state index < -0.39 is 5.54 Å². The third-order valence-corrected chi connectivity index (χ3v) is 4.72. The molecule has 21 heavy (non-hydrogen) atoms. The summed E-state index contributed by atoms with van der Waals surface area (Å²) in [5.74, 6) is 0.413. The molecule has 3 N–H and O–H groups in total. The van der Waals surface area contributed by atoms with Gasteiger partial charge in [0.05, 0.1) is 11.2 Å². The van der Waals surface area contributed by atoms with Gasteiger partial charge in [-0.2, -0.15) is 5.26 Å². The molecule has 0 saturated heterocycles. The standard InChI is InChI=1S/C15H20IN3O2/c1-4-6-13(20)19-15(2,3)14(16)21-12-8-5-7-11(18)10(12)9-17/h5,7-8,14H,4,6,18H2,1-3H3,(H,19,20). The summed E-state index contributed by atoms with van der Waals surface area (Å²) < 4.78 is 5.49. The predicted octanol–water partition coefficient (Wildman–Crippen LogP) is 2.98. The van der Waals surface area contributed by atoms with Gasteiger partial charge in [-0.3, -0.25) is 4.79 Å². The molecule has 1 rings (SSSR count). The number of carbonyl (C=O) groups is 1. The Morgan fingerprint density at radius 1 is 1.57 bits per heavy atom. The van der Waals surface area contributed by atoms with E-state index in [0.29, 0.717) is 23.4 Å². The monoisotopic (exact) mass is 401 g/mol. The van der Waals surface area contributed by atoms with Gasteiger partial charge in [0.25, 0.3) is 0 Å². The molecule has 1 amide bonds. The van der Waals surface area contributed by atoms with Crippen LogP contribution in [0.5, 0.6) is 5.75 Å². The van der Waals surface area contributed by atoms with E-state index in [0.717, 1.165) is 6.42 Å². The van der Waals surface area contributed by atoms with Gasteiger partial charge in [-0.05, 0) is 55.0 Å². The number of ether oxygens (including phenoxy) is 1. The van der Waals surface area contributed by atoms with Crippen LogP contribution >= 0.6 is 22.6 Å². The summed E-state index contributed by atoms with van der Waals surface area (Å²) in [6, 6.07) is 7.13. The Morgan fingerprint density at radius 3 is 2.81 bits per heavy atom. The molecule has 6 heteroatoms. The van der Waals surface area contributed by atoms with Crippen molar-refractivity contribution in [3.05, 3.63) is 23.8 Å². The molecule has 1 unspecified atom stereocenters. The quantitative estimate of drug-likeness (QED) is 0.436. The summed E-state index contributed by atoms with van der Waals surface area (Å²) in [6.07, 6.45) is 1.27. The first-order chi connectivity index (χ1) is 9.81. The van der Waals surface area contributed by atoms with Crippen LogP contribution in [0.15, 0.2) is 18.2 Å². The van der Waals surface area contributed by atoms with E-state index in [-0.39, 0.29) is 10.0 Å². The van der Waals surface area contributed by atoms with E-state index in [9.17, 15) is 4.79 Å². The first-order valence-corrected chi connectivity index (χ1v) is 7.96. The number of nitrogens with zero attached hydrogens (tertiary/aromatic N) is 1. The number of benzene rings is 1. The van der Waals surface area contributed by atoms with Crippen LogP contribution in [0.25, 0.3) is 0 Å². The Bertz CT molecular complexity index is 552. The second kappa shape index (κ2) is 7.50. The molecule has 1 aromatic rings. The van der Waals surface area contributed by atoms with Crippen LogP contribution in [0.2, 0.25) is 0 Å². The SMILES string of the molecule is CCCC(=O)NC(C)(C)C(I)Oc1cccc(N)c1C#N. The van der Waals surface area contributed by atoms with Gasteiger partial charge >= 0.3 is 0 Å². The Hall–Kier alpha value is -1.49. The number of rotatable bonds is 6. The van der Waals surface area contributed by atoms with Gasteiger partial charge in [0.2, 0.25) is 5.91 Å². The van der Waals surface area contributed by atoms with Crippen molar-refractivity contribution in [3.8, 4) is 11.8 Å². The number of anilines is 1. The van der Waals surface area contributed by atoms with Gasteiger partial charge in [-0.15, -0.1) is 0 Å². The number of nitrogens with one attached hydrogen (secondary N) is 1. The highest BCUT2D eigenvalue weighted by atomic mass is 127. The van der Waals surface area contributed by atoms with Crippen molar-refractivity contribution in [2.75, 3.05) is 5.73 Å². The summed E-state index contributed by atoms with van der Waals surface area (Å²) in [5, 5.41) is 12.1. The zero-order valence-electron chi connectivity index (χ0n) is 12.4. The summed E-state index contributed by atoms with van der Waals surface area (Å²) >= 11 is 2.11. The average molecular weight is 401 g/mol. The number of carbonyl (C=O) groups excluding carboxylic acids is 1. The minimum atomic E-state index is -0.565. The Morgan fingerprint density at radius 2 is 2.24 bits per heavy atom. The number of nitrogen functional groups attached to an aromatic ring is 1. The summed E-state index contributed by atoms with van der Waals surface area (Å²) in [6.45, 7) is 5.72. The molecule has 0 fully saturated rings. The predicted molar refractivity (Wildman–Crippen MR) is 91.1 cm³/mol. The maximum absolute atomic E-state index is 11.8. The molecule has 0 bridgehead atoms. The molecule has 0 heterocycles. The van der Waals surface area contributed by atoms with Crippen LogP contribution < -0.4 is 15.8 Å². The normalized spacial score (nSPS) is 12.3. The molecular formula is C15H20IN3O2. The molecule has 0 radical (unpaired) electrons. The molecule has 1 atom stereocenters. The van der Waals surface area contributed by atoms with Gasteiger partial charge in [0, 0.05) is 6.42 Å². The fourth-order valence-electron chi connectivity index (χ4n) is 1.73. The Kier molecular flexibility index (Phi) is 6.27. The fraction of sp³-hybridized carbons (Fsp3) is 0.467. The van der Waals surface area contributed by atoms with Gasteiger partial charge in [-0.25, -0.2) is 0 Å². The molecule has 1 aromatic carbocycles. The van der Waals surface area contributed by atoms with Crippen molar-refractivity contribution in [2.24, 2.45) is 0 Å². The van der Waals surface area contributed by atoms with Gasteiger partial charge < -0.3 is 15.8 Å². The summed E-state index contributed by atoms with van der Waals surface area (Å²) in [4.78, 5) is 11.8. The van der Waals surface area contributed by atoms with Crippen LogP contribution in [-0.4, -0.2) is 15.6 Å². The smallest absolute Gasteiger partial charge is 0.220 e. The lowest BCUT2D eigenvalue weighted by atomic mass is 10.1. The van der Waals surface area contributed by atoms with Crippen molar-refractivity contribution in [2.45, 2.75) is 43.3 Å². The molecule has 0 aliphatic rings. The summed E-state index contributed by atoms with van der Waals surface area (Å²) in [7, 11) is 0. The highest BCUT2D eigenvalue weighted by Gasteiger charge is 2.31. The molecule has 0 spiro atoms. The van der Waals surface area contributed by atoms with E-state index in [1.807, 2.05) is 26.8 Å². The molecular weight excluding hydrogens is 381 g/mol. The Labute approximate surface area is 139 Å². The number of nitriles is 1. The highest BCUT2D eigenvalue weighted by Crippen LogP contribution is 2.29. The number of nitrogens with two attached hydrogens (primary N) is 1. The van der Waals surface area contributed by atoms with Crippen molar-refractivity contribution in [3.63, 3.8) is 0 Å². The largest absolute Gasteiger partial charge is 0.476 e. The number of hydrogen-bond acceptors (Lipinski definition) is 4. The van der Waals surface area contributed by atoms with E-state index in [4.69, 9.17) is 15.7 Å². The van der Waals surface area contributed by atoms with Gasteiger partial charge in [-0.1, -0.05) is 13.0 Å². The molecule has 114 valence electrons. The molecule has 0 aliphatic heterocycles. The Balaban J connectivity index is 2.85. The lowest BCUT2D eigenvalue weighted by molar-refractivity contribution is -0.123. The van der Waals surface area contributed by atoms with E-state index in [1.165, 1.54) is 0 Å². The van der Waals surface area contributed by atoms with Crippen LogP contribution in [0.1, 0.15) is 39.2 Å². The number of amides is 1. The van der Waals surface area contributed by atoms with Crippen molar-refractivity contribution in [1.29, 1.82) is 5.26 Å². The van der Waals surface area contributed by atoms with Crippen LogP contribution in [-0.2, 0) is 4.79 Å². The minimum Gasteiger partial charge on any atom is -0.476 e. The highest BCUT2D eigenvalue weighted by molar-refractivity contribution is 14.1. The third-order valence-electron chi connectivity index (χ3n) is 2.91. The first kappa shape index (κ1) is 17.6. The van der Waals surface area contributed by atoms with Gasteiger partial charge in [0.15, 0.2) is 4.11 Å². The molecule has 5 nitrogen and oxygen atoms in total. The van der Waals surface area contributed by atoms with E-state index in [1.54, 1.807) is 18.2 Å². The zero-order chi connectivity index (χ0) is 16.0. The fourth-order valence-corrected chi connectivity index (χ4v) is 2.16. The molecule has 0 saturated carbocycles. The second-order valence-electron chi connectivity index (χ2n) is 5.29. The van der Waals surface area contributed by atoms with Crippen molar-refractivity contribution >= 4 is 34.2 Å².